The Bertz CT molecular complexity index is 788. The molecule has 29 heavy (non-hydrogen) atoms. The van der Waals surface area contributed by atoms with E-state index < -0.39 is 11.9 Å². The van der Waals surface area contributed by atoms with Gasteiger partial charge in [0.1, 0.15) is 6.10 Å². The van der Waals surface area contributed by atoms with Crippen LogP contribution in [0.15, 0.2) is 48.5 Å². The standard InChI is InChI=1S/C23H26Cl2O4/c1-3-5-6-18(15-28-22(26)16-7-11-19(24)12-8-16)21(4-2)29-23(27)17-9-13-20(25)14-10-17/h7-14,18,21H,3-6,15H2,1-2H3. The van der Waals surface area contributed by atoms with Gasteiger partial charge in [-0.15, -0.1) is 0 Å². The number of unbranched alkanes of at least 4 members (excludes halogenated alkanes) is 1. The molecular weight excluding hydrogens is 411 g/mol. The summed E-state index contributed by atoms with van der Waals surface area (Å²) < 4.78 is 11.3. The van der Waals surface area contributed by atoms with Crippen molar-refractivity contribution in [2.24, 2.45) is 5.92 Å². The molecule has 0 aliphatic heterocycles. The molecule has 0 N–H and O–H groups in total. The summed E-state index contributed by atoms with van der Waals surface area (Å²) in [5, 5.41) is 1.12. The second-order valence-electron chi connectivity index (χ2n) is 6.87. The number of ether oxygens (including phenoxy) is 2. The lowest BCUT2D eigenvalue weighted by Crippen LogP contribution is -2.31. The molecule has 0 radical (unpaired) electrons. The molecule has 2 aromatic rings. The maximum atomic E-state index is 12.5. The van der Waals surface area contributed by atoms with Gasteiger partial charge < -0.3 is 9.47 Å². The summed E-state index contributed by atoms with van der Waals surface area (Å²) in [4.78, 5) is 24.8. The fourth-order valence-corrected chi connectivity index (χ4v) is 3.25. The third-order valence-electron chi connectivity index (χ3n) is 4.70. The highest BCUT2D eigenvalue weighted by Gasteiger charge is 2.26. The van der Waals surface area contributed by atoms with E-state index in [1.165, 1.54) is 0 Å². The Morgan fingerprint density at radius 2 is 1.38 bits per heavy atom. The van der Waals surface area contributed by atoms with Crippen molar-refractivity contribution in [3.05, 3.63) is 69.7 Å². The van der Waals surface area contributed by atoms with Crippen molar-refractivity contribution in [3.63, 3.8) is 0 Å². The van der Waals surface area contributed by atoms with Gasteiger partial charge in [-0.05, 0) is 61.4 Å². The molecule has 0 aliphatic rings. The predicted molar refractivity (Wildman–Crippen MR) is 116 cm³/mol. The van der Waals surface area contributed by atoms with E-state index >= 15 is 0 Å². The first kappa shape index (κ1) is 23.2. The molecule has 0 heterocycles. The Morgan fingerprint density at radius 1 is 0.862 bits per heavy atom. The Morgan fingerprint density at radius 3 is 1.86 bits per heavy atom. The number of benzene rings is 2. The summed E-state index contributed by atoms with van der Waals surface area (Å²) in [5.41, 5.74) is 0.884. The van der Waals surface area contributed by atoms with Crippen LogP contribution in [-0.2, 0) is 9.47 Å². The van der Waals surface area contributed by atoms with Crippen molar-refractivity contribution in [1.82, 2.24) is 0 Å². The molecule has 2 rings (SSSR count). The van der Waals surface area contributed by atoms with Crippen LogP contribution in [-0.4, -0.2) is 24.6 Å². The van der Waals surface area contributed by atoms with Gasteiger partial charge in [0.05, 0.1) is 17.7 Å². The molecule has 0 fully saturated rings. The molecule has 2 aromatic carbocycles. The van der Waals surface area contributed by atoms with E-state index in [1.807, 2.05) is 6.92 Å². The fourth-order valence-electron chi connectivity index (χ4n) is 3.00. The minimum Gasteiger partial charge on any atom is -0.462 e. The number of carbonyl (C=O) groups is 2. The number of esters is 2. The van der Waals surface area contributed by atoms with E-state index in [1.54, 1.807) is 48.5 Å². The van der Waals surface area contributed by atoms with Gasteiger partial charge in [-0.3, -0.25) is 0 Å². The maximum Gasteiger partial charge on any atom is 0.338 e. The first-order valence-corrected chi connectivity index (χ1v) is 10.6. The van der Waals surface area contributed by atoms with Crippen LogP contribution >= 0.6 is 23.2 Å². The number of carbonyl (C=O) groups excluding carboxylic acids is 2. The van der Waals surface area contributed by atoms with Gasteiger partial charge in [-0.2, -0.15) is 0 Å². The van der Waals surface area contributed by atoms with E-state index in [-0.39, 0.29) is 18.6 Å². The lowest BCUT2D eigenvalue weighted by molar-refractivity contribution is -0.00764. The summed E-state index contributed by atoms with van der Waals surface area (Å²) in [7, 11) is 0. The second kappa shape index (κ2) is 11.8. The Kier molecular flexibility index (Phi) is 9.49. The van der Waals surface area contributed by atoms with Crippen molar-refractivity contribution in [2.45, 2.75) is 45.6 Å². The van der Waals surface area contributed by atoms with Crippen LogP contribution in [0.25, 0.3) is 0 Å². The van der Waals surface area contributed by atoms with Crippen molar-refractivity contribution in [1.29, 1.82) is 0 Å². The van der Waals surface area contributed by atoms with E-state index in [4.69, 9.17) is 32.7 Å². The zero-order valence-corrected chi connectivity index (χ0v) is 18.2. The largest absolute Gasteiger partial charge is 0.462 e. The smallest absolute Gasteiger partial charge is 0.338 e. The average molecular weight is 437 g/mol. The highest BCUT2D eigenvalue weighted by Crippen LogP contribution is 2.22. The topological polar surface area (TPSA) is 52.6 Å². The summed E-state index contributed by atoms with van der Waals surface area (Å²) in [6, 6.07) is 13.1. The van der Waals surface area contributed by atoms with Crippen LogP contribution in [0.3, 0.4) is 0 Å². The van der Waals surface area contributed by atoms with Crippen LogP contribution in [0.1, 0.15) is 60.2 Å². The van der Waals surface area contributed by atoms with E-state index in [0.717, 1.165) is 19.3 Å². The van der Waals surface area contributed by atoms with Gasteiger partial charge in [-0.1, -0.05) is 49.9 Å². The Labute approximate surface area is 182 Å². The first-order valence-electron chi connectivity index (χ1n) is 9.83. The summed E-state index contributed by atoms with van der Waals surface area (Å²) in [5.74, 6) is -0.895. The van der Waals surface area contributed by atoms with Gasteiger partial charge in [0.25, 0.3) is 0 Å². The van der Waals surface area contributed by atoms with Gasteiger partial charge in [0, 0.05) is 16.0 Å². The first-order chi connectivity index (χ1) is 13.9. The van der Waals surface area contributed by atoms with Crippen LogP contribution in [0.5, 0.6) is 0 Å². The molecule has 0 bridgehead atoms. The minimum absolute atomic E-state index is 0.0764. The van der Waals surface area contributed by atoms with Crippen LogP contribution in [0, 0.1) is 5.92 Å². The number of hydrogen-bond donors (Lipinski definition) is 0. The molecule has 156 valence electrons. The third kappa shape index (κ3) is 7.37. The number of halogens is 2. The van der Waals surface area contributed by atoms with Gasteiger partial charge in [0.15, 0.2) is 0 Å². The molecule has 0 saturated heterocycles. The monoisotopic (exact) mass is 436 g/mol. The summed E-state index contributed by atoms with van der Waals surface area (Å²) >= 11 is 11.7. The Balaban J connectivity index is 2.03. The molecular formula is C23H26Cl2O4. The fraction of sp³-hybridized carbons (Fsp3) is 0.391. The van der Waals surface area contributed by atoms with Crippen molar-refractivity contribution >= 4 is 35.1 Å². The molecule has 2 unspecified atom stereocenters. The normalized spacial score (nSPS) is 12.8. The molecule has 2 atom stereocenters. The average Bonchev–Trinajstić information content (AvgIpc) is 2.73. The number of hydrogen-bond acceptors (Lipinski definition) is 4. The zero-order chi connectivity index (χ0) is 21.2. The SMILES string of the molecule is CCCCC(COC(=O)c1ccc(Cl)cc1)C(CC)OC(=O)c1ccc(Cl)cc1. The molecule has 0 saturated carbocycles. The highest BCUT2D eigenvalue weighted by atomic mass is 35.5. The lowest BCUT2D eigenvalue weighted by atomic mass is 9.94. The van der Waals surface area contributed by atoms with Crippen molar-refractivity contribution in [3.8, 4) is 0 Å². The third-order valence-corrected chi connectivity index (χ3v) is 5.21. The van der Waals surface area contributed by atoms with Crippen molar-refractivity contribution in [2.75, 3.05) is 6.61 Å². The van der Waals surface area contributed by atoms with Gasteiger partial charge in [-0.25, -0.2) is 9.59 Å². The molecule has 4 nitrogen and oxygen atoms in total. The predicted octanol–water partition coefficient (Wildman–Crippen LogP) is 6.59. The quantitative estimate of drug-likeness (QED) is 0.394. The van der Waals surface area contributed by atoms with Crippen LogP contribution in [0.4, 0.5) is 0 Å². The molecule has 6 heteroatoms. The molecule has 0 aromatic heterocycles. The zero-order valence-electron chi connectivity index (χ0n) is 16.7. The Hall–Kier alpha value is -2.04. The molecule has 0 amide bonds. The highest BCUT2D eigenvalue weighted by molar-refractivity contribution is 6.30. The second-order valence-corrected chi connectivity index (χ2v) is 7.74. The van der Waals surface area contributed by atoms with E-state index in [9.17, 15) is 9.59 Å². The maximum absolute atomic E-state index is 12.5. The summed E-state index contributed by atoms with van der Waals surface area (Å²) in [6.07, 6.45) is 3.05. The molecule has 0 aliphatic carbocycles. The van der Waals surface area contributed by atoms with E-state index in [0.29, 0.717) is 27.6 Å². The lowest BCUT2D eigenvalue weighted by Gasteiger charge is -2.26. The summed E-state index contributed by atoms with van der Waals surface area (Å²) in [6.45, 7) is 4.24. The number of rotatable bonds is 10. The van der Waals surface area contributed by atoms with Crippen molar-refractivity contribution < 1.29 is 19.1 Å². The minimum atomic E-state index is -0.415. The van der Waals surface area contributed by atoms with Crippen LogP contribution < -0.4 is 0 Å². The van der Waals surface area contributed by atoms with Gasteiger partial charge >= 0.3 is 11.9 Å². The van der Waals surface area contributed by atoms with E-state index in [2.05, 4.69) is 6.92 Å². The van der Waals surface area contributed by atoms with Gasteiger partial charge in [0.2, 0.25) is 0 Å². The van der Waals surface area contributed by atoms with Crippen LogP contribution in [0.2, 0.25) is 10.0 Å². The molecule has 0 spiro atoms.